The molecule has 6 heteroatoms. The Morgan fingerprint density at radius 1 is 1.40 bits per heavy atom. The van der Waals surface area contributed by atoms with E-state index in [0.29, 0.717) is 33.7 Å². The predicted octanol–water partition coefficient (Wildman–Crippen LogP) is 3.29. The van der Waals surface area contributed by atoms with Gasteiger partial charge in [-0.25, -0.2) is 9.59 Å². The summed E-state index contributed by atoms with van der Waals surface area (Å²) in [5.41, 5.74) is -0.968. The minimum absolute atomic E-state index is 0.293. The number of ether oxygens (including phenoxy) is 1. The molecule has 1 aromatic heterocycles. The van der Waals surface area contributed by atoms with Crippen LogP contribution in [0.4, 0.5) is 0 Å². The van der Waals surface area contributed by atoms with Crippen LogP contribution in [0.15, 0.2) is 31.9 Å². The fraction of sp³-hybridized carbons (Fsp3) is 0.286. The van der Waals surface area contributed by atoms with Gasteiger partial charge in [-0.05, 0) is 34.0 Å². The molecule has 5 nitrogen and oxygen atoms in total. The molecule has 0 aliphatic rings. The zero-order valence-electron chi connectivity index (χ0n) is 11.0. The minimum atomic E-state index is -1.31. The molecule has 0 aliphatic carbocycles. The van der Waals surface area contributed by atoms with Crippen molar-refractivity contribution in [3.63, 3.8) is 0 Å². The van der Waals surface area contributed by atoms with Gasteiger partial charge in [0.05, 0.1) is 11.1 Å². The highest BCUT2D eigenvalue weighted by atomic mass is 79.9. The second-order valence-corrected chi connectivity index (χ2v) is 5.63. The smallest absolute Gasteiger partial charge is 0.351 e. The molecule has 2 rings (SSSR count). The van der Waals surface area contributed by atoms with Crippen LogP contribution in [0.3, 0.4) is 0 Å². The molecule has 0 spiro atoms. The molecule has 0 radical (unpaired) electrons. The quantitative estimate of drug-likeness (QED) is 0.864. The monoisotopic (exact) mass is 340 g/mol. The van der Waals surface area contributed by atoms with Crippen LogP contribution in [-0.2, 0) is 0 Å². The Hall–Kier alpha value is -1.82. The van der Waals surface area contributed by atoms with E-state index in [1.54, 1.807) is 12.1 Å². The largest absolute Gasteiger partial charge is 0.492 e. The average Bonchev–Trinajstić information content (AvgIpc) is 2.35. The van der Waals surface area contributed by atoms with E-state index in [1.807, 2.05) is 13.8 Å². The van der Waals surface area contributed by atoms with Gasteiger partial charge < -0.3 is 14.3 Å². The molecule has 0 aliphatic heterocycles. The summed E-state index contributed by atoms with van der Waals surface area (Å²) in [6.45, 7) is 4.57. The van der Waals surface area contributed by atoms with Gasteiger partial charge in [0.2, 0.25) is 0 Å². The van der Waals surface area contributed by atoms with E-state index in [4.69, 9.17) is 14.3 Å². The Morgan fingerprint density at radius 2 is 2.10 bits per heavy atom. The summed E-state index contributed by atoms with van der Waals surface area (Å²) >= 11 is 3.36. The number of benzene rings is 1. The first-order valence-corrected chi connectivity index (χ1v) is 6.81. The molecule has 0 saturated heterocycles. The van der Waals surface area contributed by atoms with Crippen molar-refractivity contribution in [1.29, 1.82) is 0 Å². The van der Waals surface area contributed by atoms with Crippen molar-refractivity contribution < 1.29 is 19.1 Å². The second-order valence-electron chi connectivity index (χ2n) is 4.78. The predicted molar refractivity (Wildman–Crippen MR) is 77.5 cm³/mol. The molecule has 2 aromatic rings. The maximum atomic E-state index is 11.5. The van der Waals surface area contributed by atoms with Gasteiger partial charge in [-0.15, -0.1) is 0 Å². The standard InChI is InChI=1S/C14H13BrO5/c1-7(2)6-19-12-5-11-8(4-10(12)15)3-9(13(16)17)14(18)20-11/h3-5,7H,6H2,1-2H3,(H,16,17). The SMILES string of the molecule is CC(C)COc1cc2oc(=O)c(C(=O)O)cc2cc1Br. The Labute approximate surface area is 123 Å². The fourth-order valence-electron chi connectivity index (χ4n) is 1.64. The molecule has 0 unspecified atom stereocenters. The van der Waals surface area contributed by atoms with E-state index in [1.165, 1.54) is 6.07 Å². The molecule has 0 amide bonds. The first-order valence-electron chi connectivity index (χ1n) is 6.02. The van der Waals surface area contributed by atoms with E-state index in [9.17, 15) is 9.59 Å². The lowest BCUT2D eigenvalue weighted by Gasteiger charge is -2.11. The first kappa shape index (κ1) is 14.6. The molecule has 0 atom stereocenters. The summed E-state index contributed by atoms with van der Waals surface area (Å²) in [7, 11) is 0. The molecule has 0 saturated carbocycles. The van der Waals surface area contributed by atoms with Gasteiger partial charge >= 0.3 is 11.6 Å². The normalized spacial score (nSPS) is 11.0. The number of rotatable bonds is 4. The summed E-state index contributed by atoms with van der Waals surface area (Å²) in [5, 5.41) is 9.42. The van der Waals surface area contributed by atoms with Gasteiger partial charge in [0, 0.05) is 11.5 Å². The molecule has 20 heavy (non-hydrogen) atoms. The molecule has 1 heterocycles. The number of carboxylic acids is 1. The molecular formula is C14H13BrO5. The maximum Gasteiger partial charge on any atom is 0.351 e. The van der Waals surface area contributed by atoms with Crippen LogP contribution < -0.4 is 10.4 Å². The van der Waals surface area contributed by atoms with Gasteiger partial charge in [-0.1, -0.05) is 13.8 Å². The Balaban J connectivity index is 2.51. The van der Waals surface area contributed by atoms with Crippen LogP contribution in [0.2, 0.25) is 0 Å². The minimum Gasteiger partial charge on any atom is -0.492 e. The van der Waals surface area contributed by atoms with E-state index < -0.39 is 11.6 Å². The number of fused-ring (bicyclic) bond motifs is 1. The second kappa shape index (κ2) is 5.66. The third-order valence-corrected chi connectivity index (χ3v) is 3.21. The van der Waals surface area contributed by atoms with Crippen molar-refractivity contribution in [3.05, 3.63) is 38.7 Å². The summed E-state index contributed by atoms with van der Waals surface area (Å²) in [5.74, 6) is -0.395. The number of aromatic carboxylic acids is 1. The summed E-state index contributed by atoms with van der Waals surface area (Å²) < 4.78 is 11.3. The van der Waals surface area contributed by atoms with Crippen molar-refractivity contribution in [2.45, 2.75) is 13.8 Å². The Kier molecular flexibility index (Phi) is 4.13. The molecule has 0 bridgehead atoms. The number of carboxylic acid groups (broad SMARTS) is 1. The Bertz CT molecular complexity index is 717. The van der Waals surface area contributed by atoms with E-state index >= 15 is 0 Å². The summed E-state index contributed by atoms with van der Waals surface area (Å²) in [6, 6.07) is 4.54. The average molecular weight is 341 g/mol. The zero-order valence-corrected chi connectivity index (χ0v) is 12.6. The summed E-state index contributed by atoms with van der Waals surface area (Å²) in [6.07, 6.45) is 0. The maximum absolute atomic E-state index is 11.5. The topological polar surface area (TPSA) is 76.7 Å². The van der Waals surface area contributed by atoms with E-state index in [2.05, 4.69) is 15.9 Å². The number of halogens is 1. The lowest BCUT2D eigenvalue weighted by atomic mass is 10.2. The van der Waals surface area contributed by atoms with Gasteiger partial charge in [0.1, 0.15) is 16.9 Å². The van der Waals surface area contributed by atoms with Crippen LogP contribution in [0.1, 0.15) is 24.2 Å². The van der Waals surface area contributed by atoms with Crippen LogP contribution in [0.25, 0.3) is 11.0 Å². The van der Waals surface area contributed by atoms with Gasteiger partial charge in [0.25, 0.3) is 0 Å². The molecule has 0 fully saturated rings. The van der Waals surface area contributed by atoms with Crippen LogP contribution in [0, 0.1) is 5.92 Å². The molecule has 1 N–H and O–H groups in total. The molecule has 106 valence electrons. The molecular weight excluding hydrogens is 328 g/mol. The van der Waals surface area contributed by atoms with Gasteiger partial charge in [-0.3, -0.25) is 0 Å². The Morgan fingerprint density at radius 3 is 2.70 bits per heavy atom. The van der Waals surface area contributed by atoms with Crippen molar-refractivity contribution >= 4 is 32.9 Å². The van der Waals surface area contributed by atoms with Crippen molar-refractivity contribution in [2.24, 2.45) is 5.92 Å². The third-order valence-electron chi connectivity index (χ3n) is 2.59. The van der Waals surface area contributed by atoms with Crippen molar-refractivity contribution in [1.82, 2.24) is 0 Å². The van der Waals surface area contributed by atoms with Crippen molar-refractivity contribution in [3.8, 4) is 5.75 Å². The van der Waals surface area contributed by atoms with Crippen LogP contribution in [-0.4, -0.2) is 17.7 Å². The van der Waals surface area contributed by atoms with Crippen LogP contribution >= 0.6 is 15.9 Å². The molecule has 1 aromatic carbocycles. The lowest BCUT2D eigenvalue weighted by Crippen LogP contribution is -2.13. The van der Waals surface area contributed by atoms with Crippen molar-refractivity contribution in [2.75, 3.05) is 6.61 Å². The third kappa shape index (κ3) is 3.01. The first-order chi connectivity index (χ1) is 9.38. The number of hydrogen-bond acceptors (Lipinski definition) is 4. The van der Waals surface area contributed by atoms with Gasteiger partial charge in [-0.2, -0.15) is 0 Å². The van der Waals surface area contributed by atoms with E-state index in [0.717, 1.165) is 0 Å². The lowest BCUT2D eigenvalue weighted by molar-refractivity contribution is 0.0692. The van der Waals surface area contributed by atoms with E-state index in [-0.39, 0.29) is 5.56 Å². The van der Waals surface area contributed by atoms with Crippen LogP contribution in [0.5, 0.6) is 5.75 Å². The number of hydrogen-bond donors (Lipinski definition) is 1. The summed E-state index contributed by atoms with van der Waals surface area (Å²) in [4.78, 5) is 22.4. The highest BCUT2D eigenvalue weighted by molar-refractivity contribution is 9.10. The zero-order chi connectivity index (χ0) is 14.9. The highest BCUT2D eigenvalue weighted by Gasteiger charge is 2.14. The number of carbonyl (C=O) groups is 1. The van der Waals surface area contributed by atoms with Gasteiger partial charge in [0.15, 0.2) is 0 Å². The highest BCUT2D eigenvalue weighted by Crippen LogP contribution is 2.30. The fourth-order valence-corrected chi connectivity index (χ4v) is 2.11.